The Balaban J connectivity index is 2.10. The van der Waals surface area contributed by atoms with E-state index < -0.39 is 0 Å². The number of rotatable bonds is 4. The summed E-state index contributed by atoms with van der Waals surface area (Å²) in [6, 6.07) is 1.68. The van der Waals surface area contributed by atoms with Gasteiger partial charge in [0.1, 0.15) is 13.2 Å². The Bertz CT molecular complexity index is 447. The van der Waals surface area contributed by atoms with Crippen LogP contribution in [0.4, 0.5) is 5.95 Å². The lowest BCUT2D eigenvalue weighted by Crippen LogP contribution is -2.45. The van der Waals surface area contributed by atoms with Crippen molar-refractivity contribution in [3.8, 4) is 0 Å². The number of carbonyl (C=O) groups is 2. The number of nitrogens with zero attached hydrogens (tertiary/aromatic N) is 3. The molecular formula is C11H14N4O3. The normalized spacial score (nSPS) is 15.9. The predicted octanol–water partition coefficient (Wildman–Crippen LogP) is -0.206. The van der Waals surface area contributed by atoms with Crippen LogP contribution < -0.4 is 5.32 Å². The first-order valence-corrected chi connectivity index (χ1v) is 5.67. The van der Waals surface area contributed by atoms with Gasteiger partial charge < -0.3 is 10.1 Å². The molecule has 7 nitrogen and oxygen atoms in total. The summed E-state index contributed by atoms with van der Waals surface area (Å²) >= 11 is 0. The van der Waals surface area contributed by atoms with Gasteiger partial charge >= 0.3 is 0 Å². The van der Waals surface area contributed by atoms with Crippen LogP contribution in [-0.4, -0.2) is 46.4 Å². The predicted molar refractivity (Wildman–Crippen MR) is 62.6 cm³/mol. The number of nitrogens with one attached hydrogen (secondary N) is 1. The van der Waals surface area contributed by atoms with Gasteiger partial charge in [-0.25, -0.2) is 9.97 Å². The molecule has 0 unspecified atom stereocenters. The van der Waals surface area contributed by atoms with Gasteiger partial charge in [0.2, 0.25) is 5.95 Å². The lowest BCUT2D eigenvalue weighted by Gasteiger charge is -2.24. The molecule has 2 heterocycles. The molecule has 1 N–H and O–H groups in total. The number of carbonyl (C=O) groups excluding carboxylic acids is 2. The van der Waals surface area contributed by atoms with Gasteiger partial charge in [-0.15, -0.1) is 0 Å². The SMILES string of the molecule is CCNc1nccc(CN2C(=O)COCC2=O)n1. The maximum absolute atomic E-state index is 11.5. The van der Waals surface area contributed by atoms with Crippen LogP contribution in [0.3, 0.4) is 0 Å². The zero-order valence-electron chi connectivity index (χ0n) is 10.0. The molecule has 0 aromatic carbocycles. The molecule has 0 saturated carbocycles. The van der Waals surface area contributed by atoms with E-state index >= 15 is 0 Å². The molecule has 0 aliphatic carbocycles. The van der Waals surface area contributed by atoms with Crippen LogP contribution in [0.2, 0.25) is 0 Å². The number of aromatic nitrogens is 2. The maximum Gasteiger partial charge on any atom is 0.255 e. The summed E-state index contributed by atoms with van der Waals surface area (Å²) in [5.74, 6) is -0.187. The zero-order chi connectivity index (χ0) is 13.0. The summed E-state index contributed by atoms with van der Waals surface area (Å²) in [4.78, 5) is 32.5. The van der Waals surface area contributed by atoms with Crippen LogP contribution in [0.25, 0.3) is 0 Å². The van der Waals surface area contributed by atoms with E-state index in [1.807, 2.05) is 6.92 Å². The van der Waals surface area contributed by atoms with E-state index in [0.29, 0.717) is 18.2 Å². The molecule has 2 amide bonds. The highest BCUT2D eigenvalue weighted by Gasteiger charge is 2.26. The van der Waals surface area contributed by atoms with Gasteiger partial charge in [-0.1, -0.05) is 0 Å². The Kier molecular flexibility index (Phi) is 3.83. The number of imide groups is 1. The van der Waals surface area contributed by atoms with Crippen molar-refractivity contribution < 1.29 is 14.3 Å². The van der Waals surface area contributed by atoms with Crippen molar-refractivity contribution in [3.05, 3.63) is 18.0 Å². The van der Waals surface area contributed by atoms with E-state index in [0.717, 1.165) is 4.90 Å². The van der Waals surface area contributed by atoms with E-state index in [1.54, 1.807) is 12.3 Å². The van der Waals surface area contributed by atoms with Crippen molar-refractivity contribution in [3.63, 3.8) is 0 Å². The van der Waals surface area contributed by atoms with E-state index in [9.17, 15) is 9.59 Å². The average molecular weight is 250 g/mol. The molecular weight excluding hydrogens is 236 g/mol. The second-order valence-corrected chi connectivity index (χ2v) is 3.77. The average Bonchev–Trinajstić information content (AvgIpc) is 2.35. The van der Waals surface area contributed by atoms with Crippen molar-refractivity contribution in [2.45, 2.75) is 13.5 Å². The fourth-order valence-corrected chi connectivity index (χ4v) is 1.59. The molecule has 0 atom stereocenters. The summed E-state index contributed by atoms with van der Waals surface area (Å²) in [6.45, 7) is 2.68. The molecule has 1 aromatic rings. The van der Waals surface area contributed by atoms with Crippen molar-refractivity contribution in [1.29, 1.82) is 0 Å². The van der Waals surface area contributed by atoms with Gasteiger partial charge in [-0.2, -0.15) is 0 Å². The molecule has 1 saturated heterocycles. The molecule has 2 rings (SSSR count). The monoisotopic (exact) mass is 250 g/mol. The Morgan fingerprint density at radius 2 is 2.11 bits per heavy atom. The van der Waals surface area contributed by atoms with E-state index in [1.165, 1.54) is 0 Å². The molecule has 1 aromatic heterocycles. The molecule has 0 bridgehead atoms. The zero-order valence-corrected chi connectivity index (χ0v) is 10.0. The third-order valence-corrected chi connectivity index (χ3v) is 2.42. The second-order valence-electron chi connectivity index (χ2n) is 3.77. The molecule has 0 radical (unpaired) electrons. The molecule has 1 fully saturated rings. The summed E-state index contributed by atoms with van der Waals surface area (Å²) in [5, 5.41) is 2.97. The number of hydrogen-bond donors (Lipinski definition) is 1. The highest BCUT2D eigenvalue weighted by molar-refractivity contribution is 5.98. The Morgan fingerprint density at radius 1 is 1.39 bits per heavy atom. The third-order valence-electron chi connectivity index (χ3n) is 2.42. The highest BCUT2D eigenvalue weighted by Crippen LogP contribution is 2.08. The lowest BCUT2D eigenvalue weighted by molar-refractivity contribution is -0.159. The van der Waals surface area contributed by atoms with Gasteiger partial charge in [-0.05, 0) is 13.0 Å². The summed E-state index contributed by atoms with van der Waals surface area (Å²) in [7, 11) is 0. The second kappa shape index (κ2) is 5.54. The van der Waals surface area contributed by atoms with Crippen LogP contribution in [-0.2, 0) is 20.9 Å². The van der Waals surface area contributed by atoms with Crippen LogP contribution in [0.15, 0.2) is 12.3 Å². The molecule has 1 aliphatic heterocycles. The highest BCUT2D eigenvalue weighted by atomic mass is 16.5. The fraction of sp³-hybridized carbons (Fsp3) is 0.455. The smallest absolute Gasteiger partial charge is 0.255 e. The van der Waals surface area contributed by atoms with E-state index in [4.69, 9.17) is 4.74 Å². The minimum Gasteiger partial charge on any atom is -0.362 e. The number of anilines is 1. The standard InChI is InChI=1S/C11H14N4O3/c1-2-12-11-13-4-3-8(14-11)5-15-9(16)6-18-7-10(15)17/h3-4H,2,5-7H2,1H3,(H,12,13,14). The Labute approximate surface area is 104 Å². The first-order valence-electron chi connectivity index (χ1n) is 5.67. The largest absolute Gasteiger partial charge is 0.362 e. The quantitative estimate of drug-likeness (QED) is 0.744. The molecule has 7 heteroatoms. The first kappa shape index (κ1) is 12.4. The van der Waals surface area contributed by atoms with Gasteiger partial charge in [0.05, 0.1) is 12.2 Å². The van der Waals surface area contributed by atoms with Crippen molar-refractivity contribution in [2.75, 3.05) is 25.1 Å². The number of amides is 2. The number of hydrogen-bond acceptors (Lipinski definition) is 6. The molecule has 0 spiro atoms. The minimum atomic E-state index is -0.338. The van der Waals surface area contributed by atoms with E-state index in [-0.39, 0.29) is 31.6 Å². The molecule has 96 valence electrons. The van der Waals surface area contributed by atoms with Crippen LogP contribution in [0.1, 0.15) is 12.6 Å². The molecule has 1 aliphatic rings. The van der Waals surface area contributed by atoms with Gasteiger partial charge in [-0.3, -0.25) is 14.5 Å². The fourth-order valence-electron chi connectivity index (χ4n) is 1.59. The summed E-state index contributed by atoms with van der Waals surface area (Å²) in [5.41, 5.74) is 0.615. The Morgan fingerprint density at radius 3 is 2.78 bits per heavy atom. The van der Waals surface area contributed by atoms with E-state index in [2.05, 4.69) is 15.3 Å². The van der Waals surface area contributed by atoms with Gasteiger partial charge in [0.15, 0.2) is 0 Å². The first-order chi connectivity index (χ1) is 8.70. The van der Waals surface area contributed by atoms with Crippen molar-refractivity contribution >= 4 is 17.8 Å². The van der Waals surface area contributed by atoms with Crippen molar-refractivity contribution in [1.82, 2.24) is 14.9 Å². The number of morpholine rings is 1. The lowest BCUT2D eigenvalue weighted by atomic mass is 10.3. The van der Waals surface area contributed by atoms with Crippen LogP contribution >= 0.6 is 0 Å². The van der Waals surface area contributed by atoms with Crippen LogP contribution in [0.5, 0.6) is 0 Å². The third kappa shape index (κ3) is 2.80. The van der Waals surface area contributed by atoms with Crippen LogP contribution in [0, 0.1) is 0 Å². The summed E-state index contributed by atoms with van der Waals surface area (Å²) < 4.78 is 4.84. The maximum atomic E-state index is 11.5. The summed E-state index contributed by atoms with van der Waals surface area (Å²) in [6.07, 6.45) is 1.59. The number of ether oxygens (including phenoxy) is 1. The Hall–Kier alpha value is -2.02. The van der Waals surface area contributed by atoms with Gasteiger partial charge in [0, 0.05) is 12.7 Å². The van der Waals surface area contributed by atoms with Crippen molar-refractivity contribution in [2.24, 2.45) is 0 Å². The minimum absolute atomic E-state index is 0.0586. The topological polar surface area (TPSA) is 84.4 Å². The molecule has 18 heavy (non-hydrogen) atoms. The van der Waals surface area contributed by atoms with Gasteiger partial charge in [0.25, 0.3) is 11.8 Å².